The number of aromatic hydroxyl groups is 1. The average molecular weight is 431 g/mol. The van der Waals surface area contributed by atoms with Gasteiger partial charge in [-0.25, -0.2) is 5.43 Å². The predicted molar refractivity (Wildman–Crippen MR) is 122 cm³/mol. The summed E-state index contributed by atoms with van der Waals surface area (Å²) in [5, 5.41) is 13.7. The number of phenols is 1. The summed E-state index contributed by atoms with van der Waals surface area (Å²) in [5.41, 5.74) is 6.02. The number of carbonyl (C=O) groups is 2. The van der Waals surface area contributed by atoms with E-state index in [1.54, 1.807) is 4.90 Å². The van der Waals surface area contributed by atoms with Crippen molar-refractivity contribution in [3.8, 4) is 5.75 Å². The third kappa shape index (κ3) is 4.14. The number of nitrogens with zero attached hydrogens (tertiary/aromatic N) is 2. The predicted octanol–water partition coefficient (Wildman–Crippen LogP) is 4.43. The molecule has 0 aliphatic heterocycles. The first kappa shape index (κ1) is 21.4. The Labute approximate surface area is 186 Å². The van der Waals surface area contributed by atoms with Gasteiger partial charge >= 0.3 is 0 Å². The Morgan fingerprint density at radius 1 is 1.09 bits per heavy atom. The molecule has 0 saturated heterocycles. The maximum Gasteiger partial charge on any atom is 0.294 e. The summed E-state index contributed by atoms with van der Waals surface area (Å²) in [6.07, 6.45) is 2.20. The fraction of sp³-hybridized carbons (Fsp3) is 0.240. The van der Waals surface area contributed by atoms with Gasteiger partial charge in [0.25, 0.3) is 11.8 Å². The molecule has 7 nitrogen and oxygen atoms in total. The highest BCUT2D eigenvalue weighted by molar-refractivity contribution is 6.10. The van der Waals surface area contributed by atoms with E-state index in [0.717, 1.165) is 29.0 Å². The minimum atomic E-state index is -0.372. The fourth-order valence-corrected chi connectivity index (χ4v) is 3.95. The zero-order chi connectivity index (χ0) is 22.7. The quantitative estimate of drug-likeness (QED) is 0.584. The first-order valence-corrected chi connectivity index (χ1v) is 10.6. The number of rotatable bonds is 5. The molecule has 0 atom stereocenters. The van der Waals surface area contributed by atoms with Gasteiger partial charge in [-0.15, -0.1) is 0 Å². The maximum absolute atomic E-state index is 13.3. The standard InChI is InChI=1S/C25H25N3O4/c1-3-28(18-8-5-4-6-9-18)25(31)23-16(2)22-20(10-7-11-21(22)32-23)26-27-24(30)17-12-14-19(29)15-13-17/h4-6,8-9,12-15,29H,3,7,10-11H2,1-2H3,(H,27,30)/b26-20+. The van der Waals surface area contributed by atoms with Crippen molar-refractivity contribution in [1.29, 1.82) is 0 Å². The number of furan rings is 1. The molecule has 0 spiro atoms. The molecule has 1 heterocycles. The van der Waals surface area contributed by atoms with Gasteiger partial charge in [0.2, 0.25) is 0 Å². The van der Waals surface area contributed by atoms with Crippen LogP contribution in [-0.2, 0) is 6.42 Å². The Kier molecular flexibility index (Phi) is 6.07. The van der Waals surface area contributed by atoms with Crippen molar-refractivity contribution in [3.05, 3.63) is 82.8 Å². The number of anilines is 1. The Bertz CT molecular complexity index is 1160. The van der Waals surface area contributed by atoms with E-state index in [0.29, 0.717) is 36.4 Å². The van der Waals surface area contributed by atoms with Crippen LogP contribution in [0.15, 0.2) is 64.1 Å². The molecule has 2 N–H and O–H groups in total. The minimum absolute atomic E-state index is 0.0904. The van der Waals surface area contributed by atoms with Crippen molar-refractivity contribution in [2.75, 3.05) is 11.4 Å². The molecule has 1 aliphatic carbocycles. The van der Waals surface area contributed by atoms with Gasteiger partial charge in [0.1, 0.15) is 11.5 Å². The zero-order valence-electron chi connectivity index (χ0n) is 18.1. The lowest BCUT2D eigenvalue weighted by atomic mass is 9.93. The van der Waals surface area contributed by atoms with Crippen molar-refractivity contribution in [2.45, 2.75) is 33.1 Å². The van der Waals surface area contributed by atoms with Crippen molar-refractivity contribution in [2.24, 2.45) is 5.10 Å². The maximum atomic E-state index is 13.3. The molecule has 7 heteroatoms. The van der Waals surface area contributed by atoms with Crippen LogP contribution in [0.2, 0.25) is 0 Å². The topological polar surface area (TPSA) is 95.1 Å². The summed E-state index contributed by atoms with van der Waals surface area (Å²) >= 11 is 0. The lowest BCUT2D eigenvalue weighted by Crippen LogP contribution is -2.30. The number of amides is 2. The third-order valence-electron chi connectivity index (χ3n) is 5.57. The highest BCUT2D eigenvalue weighted by Crippen LogP contribution is 2.31. The van der Waals surface area contributed by atoms with Gasteiger partial charge in [-0.2, -0.15) is 5.10 Å². The van der Waals surface area contributed by atoms with Gasteiger partial charge in [0.05, 0.1) is 5.71 Å². The van der Waals surface area contributed by atoms with E-state index in [-0.39, 0.29) is 17.6 Å². The first-order valence-electron chi connectivity index (χ1n) is 10.6. The number of para-hydroxylation sites is 1. The SMILES string of the molecule is CCN(C(=O)c1oc2c(c1C)/C(=N/NC(=O)c1ccc(O)cc1)CCC2)c1ccccc1. The van der Waals surface area contributed by atoms with Crippen LogP contribution < -0.4 is 10.3 Å². The largest absolute Gasteiger partial charge is 0.508 e. The second-order valence-electron chi connectivity index (χ2n) is 7.64. The molecular formula is C25H25N3O4. The molecule has 0 bridgehead atoms. The van der Waals surface area contributed by atoms with E-state index >= 15 is 0 Å². The number of fused-ring (bicyclic) bond motifs is 1. The molecule has 1 aromatic heterocycles. The molecule has 0 saturated carbocycles. The smallest absolute Gasteiger partial charge is 0.294 e. The van der Waals surface area contributed by atoms with E-state index in [1.807, 2.05) is 44.2 Å². The van der Waals surface area contributed by atoms with Crippen molar-refractivity contribution >= 4 is 23.2 Å². The normalized spacial score (nSPS) is 14.1. The number of benzene rings is 2. The van der Waals surface area contributed by atoms with Crippen LogP contribution >= 0.6 is 0 Å². The van der Waals surface area contributed by atoms with Crippen molar-refractivity contribution in [1.82, 2.24) is 5.43 Å². The Morgan fingerprint density at radius 2 is 1.81 bits per heavy atom. The molecule has 1 aliphatic rings. The van der Waals surface area contributed by atoms with E-state index in [1.165, 1.54) is 24.3 Å². The Morgan fingerprint density at radius 3 is 2.50 bits per heavy atom. The molecular weight excluding hydrogens is 406 g/mol. The summed E-state index contributed by atoms with van der Waals surface area (Å²) in [6, 6.07) is 15.4. The van der Waals surface area contributed by atoms with Gasteiger partial charge < -0.3 is 14.4 Å². The van der Waals surface area contributed by atoms with Gasteiger partial charge in [-0.1, -0.05) is 18.2 Å². The van der Waals surface area contributed by atoms with Crippen molar-refractivity contribution in [3.63, 3.8) is 0 Å². The van der Waals surface area contributed by atoms with Crippen LogP contribution in [0.1, 0.15) is 57.6 Å². The molecule has 2 aromatic carbocycles. The molecule has 0 radical (unpaired) electrons. The number of hydrogen-bond acceptors (Lipinski definition) is 5. The van der Waals surface area contributed by atoms with E-state index in [4.69, 9.17) is 4.42 Å². The molecule has 0 unspecified atom stereocenters. The van der Waals surface area contributed by atoms with Crippen molar-refractivity contribution < 1.29 is 19.1 Å². The lowest BCUT2D eigenvalue weighted by Gasteiger charge is -2.20. The van der Waals surface area contributed by atoms with Crippen LogP contribution in [0, 0.1) is 6.92 Å². The van der Waals surface area contributed by atoms with Crippen LogP contribution in [0.25, 0.3) is 0 Å². The van der Waals surface area contributed by atoms with Crippen LogP contribution in [0.3, 0.4) is 0 Å². The summed E-state index contributed by atoms with van der Waals surface area (Å²) in [7, 11) is 0. The second kappa shape index (κ2) is 9.09. The lowest BCUT2D eigenvalue weighted by molar-refractivity contribution is 0.0949. The van der Waals surface area contributed by atoms with E-state index in [9.17, 15) is 14.7 Å². The number of nitrogens with one attached hydrogen (secondary N) is 1. The molecule has 2 amide bonds. The molecule has 0 fully saturated rings. The number of hydrogen-bond donors (Lipinski definition) is 2. The summed E-state index contributed by atoms with van der Waals surface area (Å²) in [6.45, 7) is 4.29. The zero-order valence-corrected chi connectivity index (χ0v) is 18.1. The van der Waals surface area contributed by atoms with Crippen LogP contribution in [-0.4, -0.2) is 29.2 Å². The van der Waals surface area contributed by atoms with Gasteiger partial charge in [-0.3, -0.25) is 9.59 Å². The van der Waals surface area contributed by atoms with Gasteiger partial charge in [0.15, 0.2) is 5.76 Å². The molecule has 4 rings (SSSR count). The summed E-state index contributed by atoms with van der Waals surface area (Å²) in [4.78, 5) is 27.4. The van der Waals surface area contributed by atoms with Gasteiger partial charge in [0, 0.05) is 35.3 Å². The monoisotopic (exact) mass is 431 g/mol. The van der Waals surface area contributed by atoms with E-state index in [2.05, 4.69) is 10.5 Å². The summed E-state index contributed by atoms with van der Waals surface area (Å²) in [5.74, 6) is 0.549. The second-order valence-corrected chi connectivity index (χ2v) is 7.64. The fourth-order valence-electron chi connectivity index (χ4n) is 3.95. The number of carbonyl (C=O) groups excluding carboxylic acids is 2. The van der Waals surface area contributed by atoms with E-state index < -0.39 is 0 Å². The number of hydrazone groups is 1. The minimum Gasteiger partial charge on any atom is -0.508 e. The van der Waals surface area contributed by atoms with Crippen LogP contribution in [0.5, 0.6) is 5.75 Å². The third-order valence-corrected chi connectivity index (χ3v) is 5.57. The molecule has 32 heavy (non-hydrogen) atoms. The Hall–Kier alpha value is -3.87. The molecule has 3 aromatic rings. The average Bonchev–Trinajstić information content (AvgIpc) is 3.16. The highest BCUT2D eigenvalue weighted by atomic mass is 16.4. The van der Waals surface area contributed by atoms with Crippen LogP contribution in [0.4, 0.5) is 5.69 Å². The number of phenolic OH excluding ortho intramolecular Hbond substituents is 1. The first-order chi connectivity index (χ1) is 15.5. The summed E-state index contributed by atoms with van der Waals surface area (Å²) < 4.78 is 6.03. The Balaban J connectivity index is 1.61. The molecule has 164 valence electrons. The van der Waals surface area contributed by atoms with Gasteiger partial charge in [-0.05, 0) is 63.1 Å². The highest BCUT2D eigenvalue weighted by Gasteiger charge is 2.30. The number of aryl methyl sites for hydroxylation is 1.